The molecule has 92 valence electrons. The maximum Gasteiger partial charge on any atom is 0.162 e. The summed E-state index contributed by atoms with van der Waals surface area (Å²) in [5.74, 6) is 4.50. The summed E-state index contributed by atoms with van der Waals surface area (Å²) in [4.78, 5) is 12.7. The van der Waals surface area contributed by atoms with E-state index < -0.39 is 0 Å². The minimum atomic E-state index is 0.437. The Morgan fingerprint density at radius 1 is 1.00 bits per heavy atom. The van der Waals surface area contributed by atoms with Crippen LogP contribution in [0.1, 0.15) is 51.4 Å². The minimum absolute atomic E-state index is 0.437. The van der Waals surface area contributed by atoms with E-state index in [0.717, 1.165) is 36.5 Å². The van der Waals surface area contributed by atoms with Crippen LogP contribution in [0.3, 0.4) is 0 Å². The molecule has 17 heavy (non-hydrogen) atoms. The van der Waals surface area contributed by atoms with Gasteiger partial charge in [-0.2, -0.15) is 0 Å². The van der Waals surface area contributed by atoms with Crippen molar-refractivity contribution < 1.29 is 4.79 Å². The molecule has 0 aliphatic heterocycles. The van der Waals surface area contributed by atoms with Crippen LogP contribution in [0.2, 0.25) is 0 Å². The van der Waals surface area contributed by atoms with Crippen molar-refractivity contribution in [3.8, 4) is 0 Å². The molecule has 0 atom stereocenters. The first-order valence-corrected chi connectivity index (χ1v) is 7.54. The molecule has 5 rings (SSSR count). The van der Waals surface area contributed by atoms with Crippen molar-refractivity contribution in [3.05, 3.63) is 11.6 Å². The van der Waals surface area contributed by atoms with Gasteiger partial charge in [0.15, 0.2) is 5.78 Å². The Bertz CT molecular complexity index is 351. The Morgan fingerprint density at radius 2 is 1.65 bits per heavy atom. The molecule has 0 spiro atoms. The van der Waals surface area contributed by atoms with Gasteiger partial charge < -0.3 is 0 Å². The van der Waals surface area contributed by atoms with Gasteiger partial charge in [0.1, 0.15) is 0 Å². The first kappa shape index (κ1) is 10.3. The second-order valence-corrected chi connectivity index (χ2v) is 6.94. The van der Waals surface area contributed by atoms with Gasteiger partial charge in [-0.1, -0.05) is 6.08 Å². The number of carbonyl (C=O) groups excluding carboxylic acids is 1. The maximum absolute atomic E-state index is 12.7. The third-order valence-corrected chi connectivity index (χ3v) is 5.89. The minimum Gasteiger partial charge on any atom is -0.294 e. The van der Waals surface area contributed by atoms with Crippen LogP contribution in [0.4, 0.5) is 0 Å². The zero-order chi connectivity index (χ0) is 11.4. The van der Waals surface area contributed by atoms with Crippen molar-refractivity contribution in [2.75, 3.05) is 0 Å². The summed E-state index contributed by atoms with van der Waals surface area (Å²) in [7, 11) is 0. The highest BCUT2D eigenvalue weighted by molar-refractivity contribution is 5.98. The van der Waals surface area contributed by atoms with Crippen molar-refractivity contribution in [1.82, 2.24) is 0 Å². The van der Waals surface area contributed by atoms with Crippen LogP contribution in [0.15, 0.2) is 11.6 Å². The Kier molecular flexibility index (Phi) is 2.25. The van der Waals surface area contributed by atoms with E-state index in [1.54, 1.807) is 0 Å². The zero-order valence-electron chi connectivity index (χ0n) is 10.5. The normalized spacial score (nSPS) is 47.3. The van der Waals surface area contributed by atoms with E-state index in [1.807, 2.05) is 0 Å². The number of allylic oxidation sites excluding steroid dienone is 2. The lowest BCUT2D eigenvalue weighted by Gasteiger charge is -2.53. The fourth-order valence-corrected chi connectivity index (χ4v) is 5.46. The quantitative estimate of drug-likeness (QED) is 0.706. The van der Waals surface area contributed by atoms with Gasteiger partial charge in [-0.3, -0.25) is 4.79 Å². The molecule has 1 heteroatoms. The van der Waals surface area contributed by atoms with Crippen molar-refractivity contribution in [2.24, 2.45) is 29.6 Å². The zero-order valence-corrected chi connectivity index (χ0v) is 10.5. The fraction of sp³-hybridized carbons (Fsp3) is 0.812. The van der Waals surface area contributed by atoms with Crippen LogP contribution in [0.5, 0.6) is 0 Å². The largest absolute Gasteiger partial charge is 0.294 e. The second-order valence-electron chi connectivity index (χ2n) is 6.94. The van der Waals surface area contributed by atoms with Gasteiger partial charge >= 0.3 is 0 Å². The molecule has 4 saturated carbocycles. The number of hydrogen-bond donors (Lipinski definition) is 0. The van der Waals surface area contributed by atoms with Crippen LogP contribution in [0.25, 0.3) is 0 Å². The highest BCUT2D eigenvalue weighted by atomic mass is 16.1. The van der Waals surface area contributed by atoms with Crippen molar-refractivity contribution in [1.29, 1.82) is 0 Å². The van der Waals surface area contributed by atoms with E-state index in [0.29, 0.717) is 11.7 Å². The summed E-state index contributed by atoms with van der Waals surface area (Å²) in [6, 6.07) is 0. The molecule has 0 aromatic carbocycles. The second kappa shape index (κ2) is 3.70. The van der Waals surface area contributed by atoms with E-state index in [-0.39, 0.29) is 0 Å². The molecule has 5 aliphatic carbocycles. The predicted octanol–water partition coefficient (Wildman–Crippen LogP) is 3.74. The van der Waals surface area contributed by atoms with E-state index >= 15 is 0 Å². The van der Waals surface area contributed by atoms with Gasteiger partial charge in [-0.15, -0.1) is 0 Å². The number of hydrogen-bond acceptors (Lipinski definition) is 1. The Morgan fingerprint density at radius 3 is 2.18 bits per heavy atom. The van der Waals surface area contributed by atoms with Crippen molar-refractivity contribution >= 4 is 5.78 Å². The number of Topliss-reactive ketones (excluding diaryl/α,β-unsaturated/α-hetero) is 1. The van der Waals surface area contributed by atoms with Crippen LogP contribution in [-0.2, 0) is 4.79 Å². The fourth-order valence-electron chi connectivity index (χ4n) is 5.46. The number of carbonyl (C=O) groups is 1. The van der Waals surface area contributed by atoms with Gasteiger partial charge in [0.05, 0.1) is 0 Å². The molecule has 5 aliphatic rings. The van der Waals surface area contributed by atoms with Crippen LogP contribution in [0, 0.1) is 29.6 Å². The molecule has 0 saturated heterocycles. The van der Waals surface area contributed by atoms with E-state index in [4.69, 9.17) is 0 Å². The molecule has 0 radical (unpaired) electrons. The first-order valence-electron chi connectivity index (χ1n) is 7.54. The predicted molar refractivity (Wildman–Crippen MR) is 67.5 cm³/mol. The highest BCUT2D eigenvalue weighted by Crippen LogP contribution is 2.57. The van der Waals surface area contributed by atoms with Crippen molar-refractivity contribution in [3.63, 3.8) is 0 Å². The van der Waals surface area contributed by atoms with E-state index in [9.17, 15) is 4.79 Å². The summed E-state index contributed by atoms with van der Waals surface area (Å²) < 4.78 is 0. The third kappa shape index (κ3) is 1.54. The summed E-state index contributed by atoms with van der Waals surface area (Å²) in [6.45, 7) is 0. The molecule has 0 aromatic rings. The molecule has 0 heterocycles. The SMILES string of the molecule is O=C(C1=CCCC1)C1C2CC3CC(C2)CC1C3. The third-order valence-electron chi connectivity index (χ3n) is 5.89. The Balaban J connectivity index is 1.60. The molecule has 1 nitrogen and oxygen atoms in total. The van der Waals surface area contributed by atoms with Gasteiger partial charge in [-0.05, 0) is 80.6 Å². The van der Waals surface area contributed by atoms with Gasteiger partial charge in [-0.25, -0.2) is 0 Å². The molecule has 0 amide bonds. The molecular formula is C16H22O. The Labute approximate surface area is 104 Å². The van der Waals surface area contributed by atoms with Gasteiger partial charge in [0.25, 0.3) is 0 Å². The Hall–Kier alpha value is -0.590. The topological polar surface area (TPSA) is 17.1 Å². The maximum atomic E-state index is 12.7. The lowest BCUT2D eigenvalue weighted by molar-refractivity contribution is -0.132. The molecule has 4 bridgehead atoms. The van der Waals surface area contributed by atoms with E-state index in [2.05, 4.69) is 6.08 Å². The lowest BCUT2D eigenvalue weighted by atomic mass is 9.51. The molecular weight excluding hydrogens is 208 g/mol. The molecule has 4 fully saturated rings. The summed E-state index contributed by atoms with van der Waals surface area (Å²) >= 11 is 0. The van der Waals surface area contributed by atoms with Crippen molar-refractivity contribution in [2.45, 2.75) is 51.4 Å². The molecule has 0 aromatic heterocycles. The number of ketones is 1. The van der Waals surface area contributed by atoms with E-state index in [1.165, 1.54) is 44.1 Å². The average molecular weight is 230 g/mol. The summed E-state index contributed by atoms with van der Waals surface area (Å²) in [6.07, 6.45) is 12.6. The molecule has 0 unspecified atom stereocenters. The highest BCUT2D eigenvalue weighted by Gasteiger charge is 2.50. The average Bonchev–Trinajstić information content (AvgIpc) is 2.80. The standard InChI is InChI=1S/C16H22O/c17-16(12-3-1-2-4-12)15-13-6-10-5-11(8-13)9-14(15)7-10/h3,10-11,13-15H,1-2,4-9H2. The molecule has 0 N–H and O–H groups in total. The smallest absolute Gasteiger partial charge is 0.162 e. The van der Waals surface area contributed by atoms with Crippen LogP contribution in [-0.4, -0.2) is 5.78 Å². The number of rotatable bonds is 2. The lowest BCUT2D eigenvalue weighted by Crippen LogP contribution is -2.48. The van der Waals surface area contributed by atoms with Gasteiger partial charge in [0, 0.05) is 5.92 Å². The van der Waals surface area contributed by atoms with Crippen LogP contribution < -0.4 is 0 Å². The first-order chi connectivity index (χ1) is 8.31. The monoisotopic (exact) mass is 230 g/mol. The van der Waals surface area contributed by atoms with Crippen LogP contribution >= 0.6 is 0 Å². The summed E-state index contributed by atoms with van der Waals surface area (Å²) in [5.41, 5.74) is 1.20. The summed E-state index contributed by atoms with van der Waals surface area (Å²) in [5, 5.41) is 0. The van der Waals surface area contributed by atoms with Gasteiger partial charge in [0.2, 0.25) is 0 Å².